The maximum Gasteiger partial charge on any atom is 0.264 e. The first-order chi connectivity index (χ1) is 13.1. The topological polar surface area (TPSA) is 40.6 Å². The second kappa shape index (κ2) is 6.61. The van der Waals surface area contributed by atoms with E-state index in [1.165, 1.54) is 49.9 Å². The van der Waals surface area contributed by atoms with E-state index >= 15 is 0 Å². The molecule has 4 nitrogen and oxygen atoms in total. The van der Waals surface area contributed by atoms with Crippen LogP contribution < -0.4 is 0 Å². The SMILES string of the molecule is CCN(C(=O)[C@H]1CCCN1C(=O)c1cccs1)C12CC3CC(CC(C3)C1)C2. The summed E-state index contributed by atoms with van der Waals surface area (Å²) >= 11 is 1.48. The van der Waals surface area contributed by atoms with Crippen LogP contribution in [0.2, 0.25) is 0 Å². The molecule has 4 bridgehead atoms. The molecule has 2 amide bonds. The van der Waals surface area contributed by atoms with Gasteiger partial charge in [-0.1, -0.05) is 6.07 Å². The third-order valence-electron chi connectivity index (χ3n) is 7.69. The standard InChI is InChI=1S/C22H30N2O2S/c1-2-24(22-12-15-9-16(13-22)11-17(10-15)14-22)20(25)18-5-3-7-23(18)21(26)19-6-4-8-27-19/h4,6,8,15-18H,2-3,5,7,9-14H2,1H3/t15?,16?,17?,18-,22?/m1/s1. The zero-order chi connectivity index (χ0) is 18.6. The smallest absolute Gasteiger partial charge is 0.264 e. The van der Waals surface area contributed by atoms with Crippen molar-refractivity contribution >= 4 is 23.2 Å². The molecule has 6 rings (SSSR count). The third kappa shape index (κ3) is 2.84. The molecule has 0 radical (unpaired) electrons. The van der Waals surface area contributed by atoms with E-state index < -0.39 is 0 Å². The minimum atomic E-state index is -0.257. The maximum absolute atomic E-state index is 13.7. The number of rotatable bonds is 4. The van der Waals surface area contributed by atoms with Crippen LogP contribution in [-0.2, 0) is 4.79 Å². The number of hydrogen-bond acceptors (Lipinski definition) is 3. The van der Waals surface area contributed by atoms with Crippen LogP contribution >= 0.6 is 11.3 Å². The second-order valence-corrected chi connectivity index (χ2v) is 10.3. The number of hydrogen-bond donors (Lipinski definition) is 0. The van der Waals surface area contributed by atoms with Crippen LogP contribution in [0.3, 0.4) is 0 Å². The van der Waals surface area contributed by atoms with Gasteiger partial charge in [0.15, 0.2) is 0 Å². The van der Waals surface area contributed by atoms with E-state index in [4.69, 9.17) is 0 Å². The molecule has 5 heteroatoms. The largest absolute Gasteiger partial charge is 0.335 e. The van der Waals surface area contributed by atoms with Crippen molar-refractivity contribution in [1.82, 2.24) is 9.80 Å². The Hall–Kier alpha value is -1.36. The molecular weight excluding hydrogens is 356 g/mol. The fourth-order valence-corrected chi connectivity index (χ4v) is 7.79. The number of carbonyl (C=O) groups is 2. The molecule has 1 aliphatic heterocycles. The minimum Gasteiger partial charge on any atom is -0.335 e. The molecule has 0 spiro atoms. The van der Waals surface area contributed by atoms with Crippen LogP contribution in [0, 0.1) is 17.8 Å². The zero-order valence-corrected chi connectivity index (χ0v) is 17.0. The molecule has 0 aromatic carbocycles. The first kappa shape index (κ1) is 17.7. The van der Waals surface area contributed by atoms with E-state index in [1.54, 1.807) is 0 Å². The van der Waals surface area contributed by atoms with E-state index in [1.807, 2.05) is 22.4 Å². The van der Waals surface area contributed by atoms with Crippen LogP contribution in [0.5, 0.6) is 0 Å². The van der Waals surface area contributed by atoms with Gasteiger partial charge in [-0.25, -0.2) is 0 Å². The van der Waals surface area contributed by atoms with Crippen molar-refractivity contribution < 1.29 is 9.59 Å². The summed E-state index contributed by atoms with van der Waals surface area (Å²) in [5.74, 6) is 2.74. The van der Waals surface area contributed by atoms with Crippen molar-refractivity contribution in [2.24, 2.45) is 17.8 Å². The Morgan fingerprint density at radius 1 is 1.19 bits per heavy atom. The number of amides is 2. The quantitative estimate of drug-likeness (QED) is 0.779. The second-order valence-electron chi connectivity index (χ2n) is 9.36. The lowest BCUT2D eigenvalue weighted by Gasteiger charge is -2.60. The Morgan fingerprint density at radius 2 is 1.85 bits per heavy atom. The number of carbonyl (C=O) groups excluding carboxylic acids is 2. The summed E-state index contributed by atoms with van der Waals surface area (Å²) in [5.41, 5.74) is 0.0841. The minimum absolute atomic E-state index is 0.0439. The highest BCUT2D eigenvalue weighted by atomic mass is 32.1. The molecule has 1 atom stereocenters. The van der Waals surface area contributed by atoms with Crippen LogP contribution in [0.4, 0.5) is 0 Å². The third-order valence-corrected chi connectivity index (χ3v) is 8.55. The molecule has 5 fully saturated rings. The molecule has 4 aliphatic carbocycles. The van der Waals surface area contributed by atoms with Crippen molar-refractivity contribution in [1.29, 1.82) is 0 Å². The lowest BCUT2D eigenvalue weighted by Crippen LogP contribution is -2.64. The van der Waals surface area contributed by atoms with Crippen LogP contribution in [0.1, 0.15) is 68.0 Å². The van der Waals surface area contributed by atoms with Gasteiger partial charge in [0.1, 0.15) is 6.04 Å². The molecule has 1 saturated heterocycles. The summed E-state index contributed by atoms with van der Waals surface area (Å²) in [6, 6.07) is 3.54. The van der Waals surface area contributed by atoms with Crippen LogP contribution in [0.15, 0.2) is 17.5 Å². The van der Waals surface area contributed by atoms with Gasteiger partial charge in [0.2, 0.25) is 5.91 Å². The number of likely N-dealkylation sites (N-methyl/N-ethyl adjacent to an activating group) is 1. The fraction of sp³-hybridized carbons (Fsp3) is 0.727. The van der Waals surface area contributed by atoms with Gasteiger partial charge in [-0.15, -0.1) is 11.3 Å². The number of likely N-dealkylation sites (tertiary alicyclic amines) is 1. The highest BCUT2D eigenvalue weighted by Crippen LogP contribution is 2.58. The first-order valence-electron chi connectivity index (χ1n) is 10.8. The molecule has 146 valence electrons. The van der Waals surface area contributed by atoms with Gasteiger partial charge < -0.3 is 9.80 Å². The maximum atomic E-state index is 13.7. The average molecular weight is 387 g/mol. The monoisotopic (exact) mass is 386 g/mol. The Balaban J connectivity index is 1.39. The van der Waals surface area contributed by atoms with Crippen molar-refractivity contribution in [3.05, 3.63) is 22.4 Å². The Morgan fingerprint density at radius 3 is 2.41 bits per heavy atom. The number of nitrogens with zero attached hydrogens (tertiary/aromatic N) is 2. The predicted octanol–water partition coefficient (Wildman–Crippen LogP) is 4.17. The van der Waals surface area contributed by atoms with E-state index in [0.717, 1.165) is 42.0 Å². The van der Waals surface area contributed by atoms with E-state index in [9.17, 15) is 9.59 Å². The summed E-state index contributed by atoms with van der Waals surface area (Å²) in [7, 11) is 0. The van der Waals surface area contributed by atoms with Crippen molar-refractivity contribution in [3.8, 4) is 0 Å². The molecule has 1 aromatic heterocycles. The Bertz CT molecular complexity index is 693. The molecular formula is C22H30N2O2S. The summed E-state index contributed by atoms with van der Waals surface area (Å²) in [5, 5.41) is 1.94. The predicted molar refractivity (Wildman–Crippen MR) is 107 cm³/mol. The molecule has 5 aliphatic rings. The van der Waals surface area contributed by atoms with Gasteiger partial charge in [-0.3, -0.25) is 9.59 Å². The summed E-state index contributed by atoms with van der Waals surface area (Å²) in [6.07, 6.45) is 9.51. The highest BCUT2D eigenvalue weighted by Gasteiger charge is 2.55. The lowest BCUT2D eigenvalue weighted by molar-refractivity contribution is -0.154. The lowest BCUT2D eigenvalue weighted by atomic mass is 9.52. The molecule has 2 heterocycles. The number of thiophene rings is 1. The zero-order valence-electron chi connectivity index (χ0n) is 16.2. The Labute approximate surface area is 165 Å². The summed E-state index contributed by atoms with van der Waals surface area (Å²) in [6.45, 7) is 3.63. The van der Waals surface area contributed by atoms with Gasteiger partial charge in [0.05, 0.1) is 4.88 Å². The van der Waals surface area contributed by atoms with Gasteiger partial charge in [-0.05, 0) is 87.5 Å². The molecule has 1 aromatic rings. The van der Waals surface area contributed by atoms with Crippen LogP contribution in [0.25, 0.3) is 0 Å². The van der Waals surface area contributed by atoms with Gasteiger partial charge >= 0.3 is 0 Å². The van der Waals surface area contributed by atoms with E-state index in [-0.39, 0.29) is 23.4 Å². The normalized spacial score (nSPS) is 37.0. The van der Waals surface area contributed by atoms with Gasteiger partial charge in [0.25, 0.3) is 5.91 Å². The highest BCUT2D eigenvalue weighted by molar-refractivity contribution is 7.12. The fourth-order valence-electron chi connectivity index (χ4n) is 7.11. The molecule has 27 heavy (non-hydrogen) atoms. The molecule has 0 unspecified atom stereocenters. The van der Waals surface area contributed by atoms with Gasteiger partial charge in [0, 0.05) is 18.6 Å². The molecule has 0 N–H and O–H groups in total. The van der Waals surface area contributed by atoms with Gasteiger partial charge in [-0.2, -0.15) is 0 Å². The van der Waals surface area contributed by atoms with E-state index in [0.29, 0.717) is 6.54 Å². The van der Waals surface area contributed by atoms with E-state index in [2.05, 4.69) is 11.8 Å². The first-order valence-corrected chi connectivity index (χ1v) is 11.6. The summed E-state index contributed by atoms with van der Waals surface area (Å²) < 4.78 is 0. The molecule has 4 saturated carbocycles. The average Bonchev–Trinajstić information content (AvgIpc) is 3.32. The van der Waals surface area contributed by atoms with Crippen LogP contribution in [-0.4, -0.2) is 46.3 Å². The Kier molecular flexibility index (Phi) is 4.34. The van der Waals surface area contributed by atoms with Crippen molar-refractivity contribution in [3.63, 3.8) is 0 Å². The van der Waals surface area contributed by atoms with Crippen molar-refractivity contribution in [2.75, 3.05) is 13.1 Å². The summed E-state index contributed by atoms with van der Waals surface area (Å²) in [4.78, 5) is 31.5. The van der Waals surface area contributed by atoms with Crippen molar-refractivity contribution in [2.45, 2.75) is 69.9 Å².